The van der Waals surface area contributed by atoms with E-state index in [0.717, 1.165) is 24.8 Å². The first kappa shape index (κ1) is 21.0. The molecule has 1 amide bonds. The van der Waals surface area contributed by atoms with Crippen LogP contribution in [0.2, 0.25) is 0 Å². The Balaban J connectivity index is 1.60. The normalized spacial score (nSPS) is 14.5. The number of aryl methyl sites for hydroxylation is 2. The number of likely N-dealkylation sites (tertiary alicyclic amines) is 1. The Morgan fingerprint density at radius 3 is 2.58 bits per heavy atom. The molecule has 1 saturated heterocycles. The zero-order valence-electron chi connectivity index (χ0n) is 17.3. The van der Waals surface area contributed by atoms with Crippen molar-refractivity contribution in [1.29, 1.82) is 0 Å². The van der Waals surface area contributed by atoms with Crippen molar-refractivity contribution in [3.63, 3.8) is 0 Å². The van der Waals surface area contributed by atoms with Gasteiger partial charge in [0.2, 0.25) is 5.82 Å². The Bertz CT molecular complexity index is 1200. The molecule has 3 heterocycles. The highest BCUT2D eigenvalue weighted by Crippen LogP contribution is 2.25. The molecule has 1 aromatic carbocycles. The summed E-state index contributed by atoms with van der Waals surface area (Å²) in [4.78, 5) is 22.6. The van der Waals surface area contributed by atoms with Crippen LogP contribution in [-0.2, 0) is 10.0 Å². The van der Waals surface area contributed by atoms with Gasteiger partial charge in [0.05, 0.1) is 4.90 Å². The molecule has 2 aromatic heterocycles. The molecule has 1 N–H and O–H groups in total. The highest BCUT2D eigenvalue weighted by Gasteiger charge is 2.25. The summed E-state index contributed by atoms with van der Waals surface area (Å²) in [6.45, 7) is 4.90. The molecule has 1 aliphatic rings. The Kier molecular flexibility index (Phi) is 5.73. The van der Waals surface area contributed by atoms with Crippen LogP contribution < -0.4 is 4.72 Å². The number of rotatable bonds is 5. The molecular formula is C21H23N5O4S. The SMILES string of the molecule is Cc1ccc(NS(=O)(=O)c2cc(-c3noc(C(=O)N4CCCCC4)n3)ccc2C)nc1. The van der Waals surface area contributed by atoms with Crippen LogP contribution in [-0.4, -0.2) is 47.4 Å². The smallest absolute Gasteiger partial charge is 0.316 e. The van der Waals surface area contributed by atoms with E-state index >= 15 is 0 Å². The number of piperidine rings is 1. The third kappa shape index (κ3) is 4.58. The quantitative estimate of drug-likeness (QED) is 0.646. The summed E-state index contributed by atoms with van der Waals surface area (Å²) < 4.78 is 33.5. The molecule has 4 rings (SSSR count). The summed E-state index contributed by atoms with van der Waals surface area (Å²) in [6.07, 6.45) is 4.59. The van der Waals surface area contributed by atoms with Crippen LogP contribution in [0.25, 0.3) is 11.4 Å². The Labute approximate surface area is 180 Å². The van der Waals surface area contributed by atoms with E-state index in [-0.39, 0.29) is 28.3 Å². The van der Waals surface area contributed by atoms with E-state index in [9.17, 15) is 13.2 Å². The van der Waals surface area contributed by atoms with Gasteiger partial charge in [0.25, 0.3) is 10.0 Å². The number of sulfonamides is 1. The molecule has 0 unspecified atom stereocenters. The Morgan fingerprint density at radius 1 is 1.10 bits per heavy atom. The maximum Gasteiger partial charge on any atom is 0.316 e. The first-order valence-corrected chi connectivity index (χ1v) is 11.5. The summed E-state index contributed by atoms with van der Waals surface area (Å²) in [5, 5.41) is 3.89. The van der Waals surface area contributed by atoms with Crippen LogP contribution in [0.5, 0.6) is 0 Å². The summed E-state index contributed by atoms with van der Waals surface area (Å²) in [7, 11) is -3.89. The van der Waals surface area contributed by atoms with E-state index in [1.165, 1.54) is 6.07 Å². The highest BCUT2D eigenvalue weighted by atomic mass is 32.2. The number of hydrogen-bond donors (Lipinski definition) is 1. The summed E-state index contributed by atoms with van der Waals surface area (Å²) in [5.41, 5.74) is 1.91. The number of carbonyl (C=O) groups is 1. The lowest BCUT2D eigenvalue weighted by molar-refractivity contribution is 0.0674. The van der Waals surface area contributed by atoms with Crippen LogP contribution >= 0.6 is 0 Å². The Hall–Kier alpha value is -3.27. The number of hydrogen-bond acceptors (Lipinski definition) is 7. The van der Waals surface area contributed by atoms with Crippen molar-refractivity contribution in [3.8, 4) is 11.4 Å². The van der Waals surface area contributed by atoms with Gasteiger partial charge < -0.3 is 9.42 Å². The van der Waals surface area contributed by atoms with Gasteiger partial charge >= 0.3 is 11.8 Å². The molecule has 10 heteroatoms. The molecule has 0 bridgehead atoms. The van der Waals surface area contributed by atoms with Crippen molar-refractivity contribution in [2.24, 2.45) is 0 Å². The largest absolute Gasteiger partial charge is 0.334 e. The van der Waals surface area contributed by atoms with Crippen LogP contribution in [0, 0.1) is 13.8 Å². The van der Waals surface area contributed by atoms with Crippen molar-refractivity contribution < 1.29 is 17.7 Å². The van der Waals surface area contributed by atoms with Gasteiger partial charge in [-0.25, -0.2) is 13.4 Å². The fraction of sp³-hybridized carbons (Fsp3) is 0.333. The maximum atomic E-state index is 12.9. The molecule has 31 heavy (non-hydrogen) atoms. The van der Waals surface area contributed by atoms with Crippen molar-refractivity contribution in [3.05, 3.63) is 53.5 Å². The number of carbonyl (C=O) groups excluding carboxylic acids is 1. The fourth-order valence-corrected chi connectivity index (χ4v) is 4.69. The average Bonchev–Trinajstić information content (AvgIpc) is 3.26. The molecule has 0 spiro atoms. The van der Waals surface area contributed by atoms with Gasteiger partial charge in [0.1, 0.15) is 5.82 Å². The third-order valence-electron chi connectivity index (χ3n) is 5.14. The number of amides is 1. The predicted molar refractivity (Wildman–Crippen MR) is 114 cm³/mol. The molecule has 0 atom stereocenters. The molecule has 162 valence electrons. The summed E-state index contributed by atoms with van der Waals surface area (Å²) in [5.74, 6) is -0.0102. The molecule has 1 fully saturated rings. The van der Waals surface area contributed by atoms with E-state index in [2.05, 4.69) is 19.8 Å². The minimum Gasteiger partial charge on any atom is -0.334 e. The predicted octanol–water partition coefficient (Wildman–Crippen LogP) is 3.18. The topological polar surface area (TPSA) is 118 Å². The van der Waals surface area contributed by atoms with Gasteiger partial charge in [-0.3, -0.25) is 9.52 Å². The molecule has 0 radical (unpaired) electrons. The van der Waals surface area contributed by atoms with E-state index in [0.29, 0.717) is 24.2 Å². The van der Waals surface area contributed by atoms with Crippen molar-refractivity contribution in [2.45, 2.75) is 38.0 Å². The van der Waals surface area contributed by atoms with E-state index in [1.54, 1.807) is 42.3 Å². The van der Waals surface area contributed by atoms with Gasteiger partial charge in [-0.15, -0.1) is 0 Å². The second kappa shape index (κ2) is 8.46. The van der Waals surface area contributed by atoms with Crippen LogP contribution in [0.4, 0.5) is 5.82 Å². The highest BCUT2D eigenvalue weighted by molar-refractivity contribution is 7.92. The first-order valence-electron chi connectivity index (χ1n) is 10.0. The minimum atomic E-state index is -3.89. The molecular weight excluding hydrogens is 418 g/mol. The number of benzene rings is 1. The van der Waals surface area contributed by atoms with Gasteiger partial charge in [-0.1, -0.05) is 23.4 Å². The fourth-order valence-electron chi connectivity index (χ4n) is 3.41. The molecule has 0 aliphatic carbocycles. The average molecular weight is 442 g/mol. The third-order valence-corrected chi connectivity index (χ3v) is 6.64. The van der Waals surface area contributed by atoms with Gasteiger partial charge in [0.15, 0.2) is 0 Å². The second-order valence-corrected chi connectivity index (χ2v) is 9.23. The molecule has 1 aliphatic heterocycles. The van der Waals surface area contributed by atoms with Gasteiger partial charge in [-0.2, -0.15) is 4.98 Å². The van der Waals surface area contributed by atoms with Crippen LogP contribution in [0.3, 0.4) is 0 Å². The number of nitrogens with zero attached hydrogens (tertiary/aromatic N) is 4. The first-order chi connectivity index (χ1) is 14.8. The number of nitrogens with one attached hydrogen (secondary N) is 1. The number of pyridine rings is 1. The van der Waals surface area contributed by atoms with Crippen molar-refractivity contribution in [2.75, 3.05) is 17.8 Å². The number of anilines is 1. The summed E-state index contributed by atoms with van der Waals surface area (Å²) >= 11 is 0. The van der Waals surface area contributed by atoms with Crippen molar-refractivity contribution in [1.82, 2.24) is 20.0 Å². The van der Waals surface area contributed by atoms with Crippen LogP contribution in [0.15, 0.2) is 45.9 Å². The maximum absolute atomic E-state index is 12.9. The zero-order chi connectivity index (χ0) is 22.0. The monoisotopic (exact) mass is 441 g/mol. The van der Waals surface area contributed by atoms with Gasteiger partial charge in [0, 0.05) is 24.8 Å². The molecule has 0 saturated carbocycles. The van der Waals surface area contributed by atoms with Crippen LogP contribution in [0.1, 0.15) is 41.1 Å². The summed E-state index contributed by atoms with van der Waals surface area (Å²) in [6, 6.07) is 8.19. The Morgan fingerprint density at radius 2 is 1.87 bits per heavy atom. The number of aromatic nitrogens is 3. The van der Waals surface area contributed by atoms with E-state index < -0.39 is 10.0 Å². The zero-order valence-corrected chi connectivity index (χ0v) is 18.1. The lowest BCUT2D eigenvalue weighted by Gasteiger charge is -2.24. The van der Waals surface area contributed by atoms with E-state index in [1.807, 2.05) is 6.92 Å². The van der Waals surface area contributed by atoms with Gasteiger partial charge in [-0.05, 0) is 56.4 Å². The standard InChI is InChI=1S/C21H23N5O4S/c1-14-6-9-18(22-13-14)25-31(28,29)17-12-16(8-7-15(17)2)19-23-20(30-24-19)21(27)26-10-4-3-5-11-26/h6-9,12-13H,3-5,10-11H2,1-2H3,(H,22,25). The molecule has 9 nitrogen and oxygen atoms in total. The molecule has 3 aromatic rings. The minimum absolute atomic E-state index is 0.0704. The lowest BCUT2D eigenvalue weighted by Crippen LogP contribution is -2.35. The lowest BCUT2D eigenvalue weighted by atomic mass is 10.1. The van der Waals surface area contributed by atoms with E-state index in [4.69, 9.17) is 4.52 Å². The van der Waals surface area contributed by atoms with Crippen molar-refractivity contribution >= 4 is 21.7 Å². The second-order valence-electron chi connectivity index (χ2n) is 7.58.